The number of fused-ring (bicyclic) bond motifs is 1. The Labute approximate surface area is 240 Å². The molecule has 0 spiro atoms. The molecule has 0 saturated heterocycles. The number of carbonyl (C=O) groups is 1. The SMILES string of the molecule is CC(Cc1ccc2c(c1)cc(C(=O)O)n2Cc1ccc(S(=O)(=O)N(C)C(F)(F)F)cc1)NCC(O)N1C=CC(N)=NC1. The van der Waals surface area contributed by atoms with Crippen molar-refractivity contribution in [2.75, 3.05) is 20.3 Å². The molecule has 3 aromatic rings. The molecule has 1 aliphatic heterocycles. The number of amidine groups is 1. The normalized spacial score (nSPS) is 15.7. The van der Waals surface area contributed by atoms with Crippen LogP contribution in [0, 0.1) is 0 Å². The predicted octanol–water partition coefficient (Wildman–Crippen LogP) is 2.51. The van der Waals surface area contributed by atoms with Gasteiger partial charge in [-0.3, -0.25) is 0 Å². The van der Waals surface area contributed by atoms with Gasteiger partial charge in [0.05, 0.1) is 4.90 Å². The van der Waals surface area contributed by atoms with Crippen molar-refractivity contribution in [1.82, 2.24) is 19.1 Å². The zero-order chi connectivity index (χ0) is 30.8. The predicted molar refractivity (Wildman–Crippen MR) is 150 cm³/mol. The van der Waals surface area contributed by atoms with Gasteiger partial charge in [0.25, 0.3) is 0 Å². The van der Waals surface area contributed by atoms with Gasteiger partial charge in [-0.05, 0) is 60.9 Å². The fourth-order valence-corrected chi connectivity index (χ4v) is 5.59. The Kier molecular flexibility index (Phi) is 8.96. The summed E-state index contributed by atoms with van der Waals surface area (Å²) < 4.78 is 64.3. The second-order valence-corrected chi connectivity index (χ2v) is 11.9. The third-order valence-corrected chi connectivity index (χ3v) is 8.69. The summed E-state index contributed by atoms with van der Waals surface area (Å²) in [6, 6.07) is 11.9. The number of carboxylic acid groups (broad SMARTS) is 1. The highest BCUT2D eigenvalue weighted by Crippen LogP contribution is 2.28. The lowest BCUT2D eigenvalue weighted by molar-refractivity contribution is -0.202. The average Bonchev–Trinajstić information content (AvgIpc) is 3.29. The maximum absolute atomic E-state index is 12.9. The number of benzene rings is 2. The summed E-state index contributed by atoms with van der Waals surface area (Å²) in [6.45, 7) is 2.56. The monoisotopic (exact) mass is 608 g/mol. The van der Waals surface area contributed by atoms with Crippen LogP contribution in [-0.2, 0) is 23.0 Å². The summed E-state index contributed by atoms with van der Waals surface area (Å²) in [7, 11) is -4.36. The van der Waals surface area contributed by atoms with Crippen molar-refractivity contribution >= 4 is 32.7 Å². The van der Waals surface area contributed by atoms with Gasteiger partial charge in [0.15, 0.2) is 0 Å². The molecule has 0 bridgehead atoms. The van der Waals surface area contributed by atoms with E-state index in [0.29, 0.717) is 35.8 Å². The molecule has 4 rings (SSSR count). The van der Waals surface area contributed by atoms with Crippen molar-refractivity contribution in [1.29, 1.82) is 0 Å². The Morgan fingerprint density at radius 3 is 2.43 bits per heavy atom. The van der Waals surface area contributed by atoms with E-state index in [4.69, 9.17) is 5.73 Å². The number of nitrogens with one attached hydrogen (secondary N) is 1. The molecule has 11 nitrogen and oxygen atoms in total. The number of halogens is 3. The quantitative estimate of drug-likeness (QED) is 0.242. The van der Waals surface area contributed by atoms with Gasteiger partial charge in [0, 0.05) is 43.3 Å². The van der Waals surface area contributed by atoms with Crippen molar-refractivity contribution in [3.8, 4) is 0 Å². The molecule has 2 aromatic carbocycles. The summed E-state index contributed by atoms with van der Waals surface area (Å²) in [5.74, 6) is -0.767. The average molecular weight is 609 g/mol. The molecule has 1 aliphatic rings. The molecule has 15 heteroatoms. The largest absolute Gasteiger partial charge is 0.477 e. The van der Waals surface area contributed by atoms with Crippen LogP contribution in [0.15, 0.2) is 70.7 Å². The van der Waals surface area contributed by atoms with Gasteiger partial charge in [0.2, 0.25) is 10.0 Å². The van der Waals surface area contributed by atoms with E-state index >= 15 is 0 Å². The van der Waals surface area contributed by atoms with Crippen LogP contribution in [0.2, 0.25) is 0 Å². The van der Waals surface area contributed by atoms with Gasteiger partial charge in [-0.2, -0.15) is 13.2 Å². The van der Waals surface area contributed by atoms with Crippen LogP contribution in [-0.4, -0.2) is 83.0 Å². The zero-order valence-electron chi connectivity index (χ0n) is 22.8. The maximum atomic E-state index is 12.9. The molecule has 2 unspecified atom stereocenters. The number of nitrogens with two attached hydrogens (primary N) is 1. The highest BCUT2D eigenvalue weighted by molar-refractivity contribution is 7.89. The number of rotatable bonds is 11. The number of hydrogen-bond acceptors (Lipinski definition) is 8. The van der Waals surface area contributed by atoms with Crippen molar-refractivity contribution in [3.05, 3.63) is 77.6 Å². The van der Waals surface area contributed by atoms with Crippen LogP contribution in [0.1, 0.15) is 28.5 Å². The number of aromatic nitrogens is 1. The van der Waals surface area contributed by atoms with E-state index in [1.165, 1.54) is 18.2 Å². The molecule has 42 heavy (non-hydrogen) atoms. The minimum atomic E-state index is -5.07. The number of alkyl halides is 3. The van der Waals surface area contributed by atoms with Crippen molar-refractivity contribution in [3.63, 3.8) is 0 Å². The van der Waals surface area contributed by atoms with E-state index in [9.17, 15) is 36.6 Å². The first-order valence-corrected chi connectivity index (χ1v) is 14.3. The second-order valence-electron chi connectivity index (χ2n) is 9.95. The molecule has 2 atom stereocenters. The van der Waals surface area contributed by atoms with Gasteiger partial charge in [-0.25, -0.2) is 18.2 Å². The third kappa shape index (κ3) is 6.92. The van der Waals surface area contributed by atoms with Crippen LogP contribution in [0.3, 0.4) is 0 Å². The summed E-state index contributed by atoms with van der Waals surface area (Å²) in [5.41, 5.74) is 7.66. The van der Waals surface area contributed by atoms with Gasteiger partial charge < -0.3 is 30.7 Å². The Morgan fingerprint density at radius 1 is 1.17 bits per heavy atom. The summed E-state index contributed by atoms with van der Waals surface area (Å²) in [4.78, 5) is 17.2. The molecule has 226 valence electrons. The maximum Gasteiger partial charge on any atom is 0.473 e. The third-order valence-electron chi connectivity index (χ3n) is 6.89. The first kappa shape index (κ1) is 31.0. The van der Waals surface area contributed by atoms with E-state index < -0.39 is 37.7 Å². The summed E-state index contributed by atoms with van der Waals surface area (Å²) in [5, 5.41) is 24.2. The van der Waals surface area contributed by atoms with E-state index in [0.717, 1.165) is 17.7 Å². The van der Waals surface area contributed by atoms with Crippen LogP contribution in [0.5, 0.6) is 0 Å². The first-order valence-electron chi connectivity index (χ1n) is 12.8. The van der Waals surface area contributed by atoms with Crippen LogP contribution >= 0.6 is 0 Å². The lowest BCUT2D eigenvalue weighted by Crippen LogP contribution is -2.44. The number of aliphatic hydroxyl groups is 1. The molecule has 0 aliphatic carbocycles. The fourth-order valence-electron chi connectivity index (χ4n) is 4.52. The first-order chi connectivity index (χ1) is 19.7. The Hall–Kier alpha value is -3.92. The van der Waals surface area contributed by atoms with Gasteiger partial charge in [0.1, 0.15) is 24.4 Å². The van der Waals surface area contributed by atoms with Crippen molar-refractivity contribution < 1.29 is 36.6 Å². The number of carboxylic acids is 1. The van der Waals surface area contributed by atoms with E-state index in [-0.39, 0.29) is 31.5 Å². The molecule has 5 N–H and O–H groups in total. The van der Waals surface area contributed by atoms with Crippen LogP contribution in [0.25, 0.3) is 10.9 Å². The zero-order valence-corrected chi connectivity index (χ0v) is 23.6. The minimum Gasteiger partial charge on any atom is -0.477 e. The molecule has 1 aromatic heterocycles. The molecular weight excluding hydrogens is 577 g/mol. The number of aliphatic hydroxyl groups excluding tert-OH is 1. The Balaban J connectivity index is 1.47. The molecule has 0 radical (unpaired) electrons. The minimum absolute atomic E-state index is 0.00262. The number of hydrogen-bond donors (Lipinski definition) is 4. The van der Waals surface area contributed by atoms with E-state index in [2.05, 4.69) is 10.3 Å². The second kappa shape index (κ2) is 12.1. The van der Waals surface area contributed by atoms with Gasteiger partial charge in [-0.1, -0.05) is 18.2 Å². The summed E-state index contributed by atoms with van der Waals surface area (Å²) in [6.07, 6.45) is -1.98. The van der Waals surface area contributed by atoms with Crippen molar-refractivity contribution in [2.24, 2.45) is 10.7 Å². The topological polar surface area (TPSA) is 153 Å². The molecule has 0 fully saturated rings. The lowest BCUT2D eigenvalue weighted by Gasteiger charge is -2.28. The van der Waals surface area contributed by atoms with Gasteiger partial charge in [-0.15, -0.1) is 4.31 Å². The van der Waals surface area contributed by atoms with Crippen LogP contribution in [0.4, 0.5) is 13.2 Å². The summed E-state index contributed by atoms with van der Waals surface area (Å²) >= 11 is 0. The van der Waals surface area contributed by atoms with Crippen LogP contribution < -0.4 is 11.1 Å². The number of nitrogens with zero attached hydrogens (tertiary/aromatic N) is 4. The fraction of sp³-hybridized carbons (Fsp3) is 0.333. The number of sulfonamides is 1. The number of aromatic carboxylic acids is 1. The Bertz CT molecular complexity index is 1620. The highest BCUT2D eigenvalue weighted by atomic mass is 32.2. The highest BCUT2D eigenvalue weighted by Gasteiger charge is 2.43. The number of aliphatic imine (C=N–C) groups is 1. The van der Waals surface area contributed by atoms with E-state index in [1.54, 1.807) is 27.8 Å². The van der Waals surface area contributed by atoms with Gasteiger partial charge >= 0.3 is 12.3 Å². The standard InChI is InChI=1S/C27H31F3N6O5S/c1-17(32-14-25(37)35-10-9-24(31)33-16-35)11-19-5-8-22-20(12-19)13-23(26(38)39)36(22)15-18-3-6-21(7-4-18)42(40,41)34(2)27(28,29)30/h3-10,12-13,17,25,32,37H,11,14-16H2,1-2H3,(H2,31,33)(H,38,39). The van der Waals surface area contributed by atoms with Crippen molar-refractivity contribution in [2.45, 2.75) is 43.4 Å². The molecule has 2 heterocycles. The molecular formula is C27H31F3N6O5S. The lowest BCUT2D eigenvalue weighted by atomic mass is 10.1. The smallest absolute Gasteiger partial charge is 0.473 e. The Morgan fingerprint density at radius 2 is 1.83 bits per heavy atom. The van der Waals surface area contributed by atoms with E-state index in [1.807, 2.05) is 19.1 Å². The molecule has 0 saturated carbocycles. The molecule has 0 amide bonds.